The van der Waals surface area contributed by atoms with Crippen LogP contribution in [0.4, 0.5) is 0 Å². The average Bonchev–Trinajstić information content (AvgIpc) is 2.99. The van der Waals surface area contributed by atoms with E-state index in [2.05, 4.69) is 35.6 Å². The van der Waals surface area contributed by atoms with Crippen LogP contribution < -0.4 is 5.32 Å². The van der Waals surface area contributed by atoms with Gasteiger partial charge in [0.25, 0.3) is 0 Å². The molecule has 6 heteroatoms. The Morgan fingerprint density at radius 1 is 1.44 bits per heavy atom. The number of imidazole rings is 1. The van der Waals surface area contributed by atoms with Gasteiger partial charge in [-0.05, 0) is 28.3 Å². The molecule has 2 aromatic rings. The molecule has 0 radical (unpaired) electrons. The van der Waals surface area contributed by atoms with Gasteiger partial charge in [0.1, 0.15) is 4.60 Å². The van der Waals surface area contributed by atoms with Gasteiger partial charge in [-0.15, -0.1) is 0 Å². The van der Waals surface area contributed by atoms with Crippen molar-refractivity contribution in [2.24, 2.45) is 5.92 Å². The van der Waals surface area contributed by atoms with E-state index in [0.29, 0.717) is 5.92 Å². The zero-order chi connectivity index (χ0) is 12.4. The van der Waals surface area contributed by atoms with E-state index in [9.17, 15) is 0 Å². The van der Waals surface area contributed by atoms with E-state index < -0.39 is 0 Å². The fourth-order valence-electron chi connectivity index (χ4n) is 2.20. The third-order valence-electron chi connectivity index (χ3n) is 3.20. The predicted molar refractivity (Wildman–Crippen MR) is 71.3 cm³/mol. The summed E-state index contributed by atoms with van der Waals surface area (Å²) in [4.78, 5) is 8.49. The molecule has 18 heavy (non-hydrogen) atoms. The molecule has 96 valence electrons. The van der Waals surface area contributed by atoms with Crippen LogP contribution in [0.5, 0.6) is 0 Å². The highest BCUT2D eigenvalue weighted by atomic mass is 79.9. The summed E-state index contributed by atoms with van der Waals surface area (Å²) in [7, 11) is 0. The minimum Gasteiger partial charge on any atom is -0.381 e. The SMILES string of the molecule is Brc1cn2c(CNCC3CCOC3)cnc2cn1. The third kappa shape index (κ3) is 2.55. The molecule has 1 atom stereocenters. The highest BCUT2D eigenvalue weighted by Crippen LogP contribution is 2.12. The van der Waals surface area contributed by atoms with Crippen LogP contribution in [0.15, 0.2) is 23.2 Å². The van der Waals surface area contributed by atoms with Gasteiger partial charge < -0.3 is 10.1 Å². The van der Waals surface area contributed by atoms with Crippen LogP contribution in [-0.4, -0.2) is 34.1 Å². The standard InChI is InChI=1S/C12H15BrN4O/c13-11-7-17-10(5-16-12(17)6-15-11)4-14-3-9-1-2-18-8-9/h5-7,9,14H,1-4,8H2. The fourth-order valence-corrected chi connectivity index (χ4v) is 2.50. The lowest BCUT2D eigenvalue weighted by atomic mass is 10.1. The monoisotopic (exact) mass is 310 g/mol. The molecule has 1 aliphatic heterocycles. The summed E-state index contributed by atoms with van der Waals surface area (Å²) in [6.45, 7) is 3.60. The zero-order valence-electron chi connectivity index (χ0n) is 9.97. The maximum absolute atomic E-state index is 5.36. The first kappa shape index (κ1) is 12.1. The van der Waals surface area contributed by atoms with Crippen molar-refractivity contribution in [3.8, 4) is 0 Å². The van der Waals surface area contributed by atoms with Gasteiger partial charge in [-0.2, -0.15) is 0 Å². The molecule has 0 saturated carbocycles. The Labute approximate surface area is 114 Å². The van der Waals surface area contributed by atoms with Crippen LogP contribution in [-0.2, 0) is 11.3 Å². The molecule has 3 rings (SSSR count). The number of nitrogens with zero attached hydrogens (tertiary/aromatic N) is 3. The molecular weight excluding hydrogens is 296 g/mol. The topological polar surface area (TPSA) is 51.5 Å². The van der Waals surface area contributed by atoms with Gasteiger partial charge in [-0.25, -0.2) is 9.97 Å². The third-order valence-corrected chi connectivity index (χ3v) is 3.61. The summed E-state index contributed by atoms with van der Waals surface area (Å²) in [5.74, 6) is 0.651. The zero-order valence-corrected chi connectivity index (χ0v) is 11.6. The van der Waals surface area contributed by atoms with Crippen LogP contribution in [0.2, 0.25) is 0 Å². The van der Waals surface area contributed by atoms with Gasteiger partial charge >= 0.3 is 0 Å². The lowest BCUT2D eigenvalue weighted by Crippen LogP contribution is -2.23. The highest BCUT2D eigenvalue weighted by Gasteiger charge is 2.15. The van der Waals surface area contributed by atoms with E-state index >= 15 is 0 Å². The maximum atomic E-state index is 5.36. The summed E-state index contributed by atoms with van der Waals surface area (Å²) >= 11 is 3.38. The Hall–Kier alpha value is -0.980. The predicted octanol–water partition coefficient (Wildman–Crippen LogP) is 1.62. The van der Waals surface area contributed by atoms with E-state index in [1.54, 1.807) is 6.20 Å². The number of nitrogens with one attached hydrogen (secondary N) is 1. The van der Waals surface area contributed by atoms with Crippen LogP contribution in [0.3, 0.4) is 0 Å². The Morgan fingerprint density at radius 3 is 3.22 bits per heavy atom. The van der Waals surface area contributed by atoms with Gasteiger partial charge in [0.2, 0.25) is 0 Å². The Kier molecular flexibility index (Phi) is 3.58. The largest absolute Gasteiger partial charge is 0.381 e. The molecule has 1 aliphatic rings. The van der Waals surface area contributed by atoms with E-state index in [0.717, 1.165) is 48.7 Å². The van der Waals surface area contributed by atoms with Gasteiger partial charge in [0.05, 0.1) is 24.7 Å². The molecule has 0 amide bonds. The van der Waals surface area contributed by atoms with Crippen LogP contribution >= 0.6 is 15.9 Å². The molecule has 3 heterocycles. The maximum Gasteiger partial charge on any atom is 0.155 e. The minimum absolute atomic E-state index is 0.651. The molecule has 0 bridgehead atoms. The highest BCUT2D eigenvalue weighted by molar-refractivity contribution is 9.10. The number of hydrogen-bond acceptors (Lipinski definition) is 4. The quantitative estimate of drug-likeness (QED) is 0.932. The normalized spacial score (nSPS) is 19.7. The number of hydrogen-bond donors (Lipinski definition) is 1. The van der Waals surface area contributed by atoms with Crippen molar-refractivity contribution < 1.29 is 4.74 Å². The second-order valence-electron chi connectivity index (χ2n) is 4.55. The van der Waals surface area contributed by atoms with Crippen LogP contribution in [0.1, 0.15) is 12.1 Å². The van der Waals surface area contributed by atoms with Crippen molar-refractivity contribution >= 4 is 21.6 Å². The fraction of sp³-hybridized carbons (Fsp3) is 0.500. The summed E-state index contributed by atoms with van der Waals surface area (Å²) in [6, 6.07) is 0. The van der Waals surface area contributed by atoms with Crippen molar-refractivity contribution in [1.82, 2.24) is 19.7 Å². The smallest absolute Gasteiger partial charge is 0.155 e. The van der Waals surface area contributed by atoms with E-state index in [-0.39, 0.29) is 0 Å². The first-order valence-corrected chi connectivity index (χ1v) is 6.88. The van der Waals surface area contributed by atoms with Crippen molar-refractivity contribution in [3.05, 3.63) is 28.9 Å². The lowest BCUT2D eigenvalue weighted by Gasteiger charge is -2.09. The summed E-state index contributed by atoms with van der Waals surface area (Å²) in [5, 5.41) is 3.46. The van der Waals surface area contributed by atoms with Crippen molar-refractivity contribution in [2.45, 2.75) is 13.0 Å². The number of halogens is 1. The van der Waals surface area contributed by atoms with E-state index in [4.69, 9.17) is 4.74 Å². The molecule has 2 aromatic heterocycles. The number of aromatic nitrogens is 3. The molecule has 5 nitrogen and oxygen atoms in total. The first-order valence-electron chi connectivity index (χ1n) is 6.09. The van der Waals surface area contributed by atoms with E-state index in [1.807, 2.05) is 12.4 Å². The van der Waals surface area contributed by atoms with Gasteiger partial charge in [-0.1, -0.05) is 0 Å². The van der Waals surface area contributed by atoms with Crippen LogP contribution in [0.25, 0.3) is 5.65 Å². The number of fused-ring (bicyclic) bond motifs is 1. The minimum atomic E-state index is 0.651. The van der Waals surface area contributed by atoms with Crippen molar-refractivity contribution in [2.75, 3.05) is 19.8 Å². The Balaban J connectivity index is 1.65. The average molecular weight is 311 g/mol. The van der Waals surface area contributed by atoms with Crippen LogP contribution in [0, 0.1) is 5.92 Å². The van der Waals surface area contributed by atoms with Gasteiger partial charge in [0.15, 0.2) is 5.65 Å². The molecule has 1 fully saturated rings. The molecule has 1 saturated heterocycles. The summed E-state index contributed by atoms with van der Waals surface area (Å²) in [5.41, 5.74) is 2.02. The number of rotatable bonds is 4. The Bertz CT molecular complexity index is 536. The Morgan fingerprint density at radius 2 is 2.39 bits per heavy atom. The summed E-state index contributed by atoms with van der Waals surface area (Å²) < 4.78 is 8.23. The molecule has 0 aliphatic carbocycles. The second-order valence-corrected chi connectivity index (χ2v) is 5.36. The summed E-state index contributed by atoms with van der Waals surface area (Å²) in [6.07, 6.45) is 6.76. The van der Waals surface area contributed by atoms with Gasteiger partial charge in [0, 0.05) is 25.9 Å². The number of ether oxygens (including phenoxy) is 1. The van der Waals surface area contributed by atoms with Gasteiger partial charge in [-0.3, -0.25) is 4.40 Å². The molecule has 1 N–H and O–H groups in total. The molecule has 1 unspecified atom stereocenters. The first-order chi connectivity index (χ1) is 8.83. The molecule has 0 aromatic carbocycles. The van der Waals surface area contributed by atoms with Crippen molar-refractivity contribution in [1.29, 1.82) is 0 Å². The second kappa shape index (κ2) is 5.34. The lowest BCUT2D eigenvalue weighted by molar-refractivity contribution is 0.185. The molecular formula is C12H15BrN4O. The molecule has 0 spiro atoms. The van der Waals surface area contributed by atoms with Crippen molar-refractivity contribution in [3.63, 3.8) is 0 Å². The van der Waals surface area contributed by atoms with E-state index in [1.165, 1.54) is 0 Å².